The van der Waals surface area contributed by atoms with E-state index in [4.69, 9.17) is 25.8 Å². The van der Waals surface area contributed by atoms with Gasteiger partial charge in [-0.3, -0.25) is 4.57 Å². The van der Waals surface area contributed by atoms with Gasteiger partial charge in [-0.1, -0.05) is 24.4 Å². The predicted octanol–water partition coefficient (Wildman–Crippen LogP) is 2.48. The van der Waals surface area contributed by atoms with Gasteiger partial charge in [-0.05, 0) is 25.7 Å². The number of hydrogen-bond acceptors (Lipinski definition) is 12. The van der Waals surface area contributed by atoms with Crippen LogP contribution < -0.4 is 9.47 Å². The molecule has 3 aromatic heterocycles. The van der Waals surface area contributed by atoms with Gasteiger partial charge < -0.3 is 19.3 Å². The molecule has 1 saturated carbocycles. The Morgan fingerprint density at radius 2 is 1.69 bits per heavy atom. The zero-order valence-electron chi connectivity index (χ0n) is 22.2. The lowest BCUT2D eigenvalue weighted by atomic mass is 9.79. The van der Waals surface area contributed by atoms with Crippen LogP contribution in [0.15, 0.2) is 18.7 Å². The molecule has 0 bridgehead atoms. The van der Waals surface area contributed by atoms with Gasteiger partial charge in [-0.15, -0.1) is 10.2 Å². The van der Waals surface area contributed by atoms with E-state index in [9.17, 15) is 13.5 Å². The highest BCUT2D eigenvalue weighted by Gasteiger charge is 2.38. The van der Waals surface area contributed by atoms with E-state index in [0.717, 1.165) is 25.7 Å². The molecular weight excluding hydrogens is 550 g/mol. The Morgan fingerprint density at radius 1 is 1.05 bits per heavy atom. The lowest BCUT2D eigenvalue weighted by Gasteiger charge is -2.30. The fourth-order valence-corrected chi connectivity index (χ4v) is 6.50. The summed E-state index contributed by atoms with van der Waals surface area (Å²) in [7, 11) is 0.360. The first kappa shape index (κ1) is 29.1. The normalized spacial score (nSPS) is 19.4. The Kier molecular flexibility index (Phi) is 9.31. The third-order valence-corrected chi connectivity index (χ3v) is 9.30. The molecule has 212 valence electrons. The smallest absolute Gasteiger partial charge is 0.245 e. The van der Waals surface area contributed by atoms with Crippen LogP contribution in [0, 0.1) is 5.92 Å². The Balaban J connectivity index is 1.81. The highest BCUT2D eigenvalue weighted by Crippen LogP contribution is 2.40. The van der Waals surface area contributed by atoms with E-state index in [-0.39, 0.29) is 47.5 Å². The van der Waals surface area contributed by atoms with E-state index in [1.165, 1.54) is 47.0 Å². The number of aliphatic hydroxyl groups excluding tert-OH is 1. The van der Waals surface area contributed by atoms with Crippen LogP contribution in [0.2, 0.25) is 5.02 Å². The molecule has 3 aromatic rings. The molecule has 1 aliphatic carbocycles. The minimum Gasteiger partial charge on any atom is -0.479 e. The standard InChI is InChI=1S/C24H32ClN7O6S/c1-14(20(36-2)21-26-9-16(25)10-27-21)39(34,35)12-18-30-31-22(17-8-6-5-7-15(17)11-33)32(18)19-23(37-3)28-13-29-24(19)38-4/h9-10,13-15,17,20,33H,5-8,11-12H2,1-4H3/t14-,15-,17+,20-/m0/s1. The average Bonchev–Trinajstić information content (AvgIpc) is 3.35. The van der Waals surface area contributed by atoms with Crippen LogP contribution in [0.3, 0.4) is 0 Å². The summed E-state index contributed by atoms with van der Waals surface area (Å²) < 4.78 is 45.6. The van der Waals surface area contributed by atoms with E-state index in [0.29, 0.717) is 10.8 Å². The molecule has 0 amide bonds. The zero-order valence-corrected chi connectivity index (χ0v) is 23.8. The van der Waals surface area contributed by atoms with E-state index < -0.39 is 26.9 Å². The number of aromatic nitrogens is 7. The minimum atomic E-state index is -3.92. The Hall–Kier alpha value is -2.94. The fraction of sp³-hybridized carbons (Fsp3) is 0.583. The molecule has 0 aliphatic heterocycles. The molecule has 0 radical (unpaired) electrons. The summed E-state index contributed by atoms with van der Waals surface area (Å²) in [6.07, 6.45) is 6.59. The summed E-state index contributed by atoms with van der Waals surface area (Å²) >= 11 is 5.90. The van der Waals surface area contributed by atoms with E-state index in [2.05, 4.69) is 30.1 Å². The second-order valence-corrected chi connectivity index (χ2v) is 12.1. The van der Waals surface area contributed by atoms with Crippen LogP contribution in [-0.2, 0) is 20.3 Å². The molecule has 4 atom stereocenters. The highest BCUT2D eigenvalue weighted by atomic mass is 35.5. The molecule has 1 N–H and O–H groups in total. The molecule has 3 heterocycles. The third-order valence-electron chi connectivity index (χ3n) is 7.07. The predicted molar refractivity (Wildman–Crippen MR) is 141 cm³/mol. The number of nitrogens with zero attached hydrogens (tertiary/aromatic N) is 7. The van der Waals surface area contributed by atoms with Gasteiger partial charge in [0, 0.05) is 32.0 Å². The Bertz CT molecular complexity index is 1350. The Morgan fingerprint density at radius 3 is 2.28 bits per heavy atom. The molecule has 4 rings (SSSR count). The van der Waals surface area contributed by atoms with Crippen LogP contribution in [0.1, 0.15) is 62.1 Å². The summed E-state index contributed by atoms with van der Waals surface area (Å²) in [6, 6.07) is 0. The van der Waals surface area contributed by atoms with Gasteiger partial charge in [0.2, 0.25) is 11.8 Å². The molecule has 1 aliphatic rings. The summed E-state index contributed by atoms with van der Waals surface area (Å²) in [5.74, 6) is 0.394. The second kappa shape index (κ2) is 12.5. The van der Waals surface area contributed by atoms with Crippen LogP contribution in [0.5, 0.6) is 11.8 Å². The van der Waals surface area contributed by atoms with Crippen LogP contribution >= 0.6 is 11.6 Å². The van der Waals surface area contributed by atoms with Crippen LogP contribution in [-0.4, -0.2) is 81.4 Å². The quantitative estimate of drug-likeness (QED) is 0.352. The van der Waals surface area contributed by atoms with Gasteiger partial charge in [0.25, 0.3) is 0 Å². The monoisotopic (exact) mass is 581 g/mol. The van der Waals surface area contributed by atoms with Crippen LogP contribution in [0.25, 0.3) is 5.69 Å². The maximum atomic E-state index is 13.8. The first-order chi connectivity index (χ1) is 18.7. The van der Waals surface area contributed by atoms with E-state index in [1.54, 1.807) is 4.57 Å². The molecule has 39 heavy (non-hydrogen) atoms. The highest BCUT2D eigenvalue weighted by molar-refractivity contribution is 7.91. The topological polar surface area (TPSA) is 164 Å². The van der Waals surface area contributed by atoms with Crippen molar-refractivity contribution in [3.8, 4) is 17.4 Å². The molecular formula is C24H32ClN7O6S. The molecule has 0 spiro atoms. The molecule has 0 saturated heterocycles. The number of aliphatic hydroxyl groups is 1. The van der Waals surface area contributed by atoms with Gasteiger partial charge in [-0.25, -0.2) is 18.4 Å². The fourth-order valence-electron chi connectivity index (χ4n) is 4.99. The molecule has 1 fully saturated rings. The first-order valence-electron chi connectivity index (χ1n) is 12.5. The van der Waals surface area contributed by atoms with Crippen molar-refractivity contribution in [2.24, 2.45) is 5.92 Å². The summed E-state index contributed by atoms with van der Waals surface area (Å²) in [5, 5.41) is 18.1. The van der Waals surface area contributed by atoms with Gasteiger partial charge in [0.05, 0.1) is 24.5 Å². The van der Waals surface area contributed by atoms with Crippen molar-refractivity contribution in [3.05, 3.63) is 41.2 Å². The third kappa shape index (κ3) is 5.98. The number of methoxy groups -OCH3 is 3. The van der Waals surface area contributed by atoms with Gasteiger partial charge in [0.15, 0.2) is 27.2 Å². The maximum Gasteiger partial charge on any atom is 0.245 e. The summed E-state index contributed by atoms with van der Waals surface area (Å²) in [4.78, 5) is 16.7. The number of sulfone groups is 1. The first-order valence-corrected chi connectivity index (χ1v) is 14.5. The van der Waals surface area contributed by atoms with Gasteiger partial charge >= 0.3 is 0 Å². The molecule has 15 heteroatoms. The number of halogens is 1. The van der Waals surface area contributed by atoms with Crippen molar-refractivity contribution >= 4 is 21.4 Å². The molecule has 0 unspecified atom stereocenters. The van der Waals surface area contributed by atoms with Gasteiger partial charge in [-0.2, -0.15) is 9.97 Å². The average molecular weight is 582 g/mol. The van der Waals surface area contributed by atoms with Gasteiger partial charge in [0.1, 0.15) is 24.0 Å². The lowest BCUT2D eigenvalue weighted by Crippen LogP contribution is -2.30. The van der Waals surface area contributed by atoms with Crippen LogP contribution in [0.4, 0.5) is 0 Å². The zero-order chi connectivity index (χ0) is 28.2. The SMILES string of the molecule is COc1ncnc(OC)c1-n1c(CS(=O)(=O)[C@@H](C)[C@H](OC)c2ncc(Cl)cn2)nnc1[C@@H]1CCCC[C@H]1CO. The van der Waals surface area contributed by atoms with E-state index >= 15 is 0 Å². The largest absolute Gasteiger partial charge is 0.479 e. The second-order valence-electron chi connectivity index (χ2n) is 9.31. The number of ether oxygens (including phenoxy) is 3. The molecule has 0 aromatic carbocycles. The van der Waals surface area contributed by atoms with Crippen molar-refractivity contribution in [3.63, 3.8) is 0 Å². The summed E-state index contributed by atoms with van der Waals surface area (Å²) in [5.41, 5.74) is 0.284. The number of hydrogen-bond donors (Lipinski definition) is 1. The maximum absolute atomic E-state index is 13.8. The summed E-state index contributed by atoms with van der Waals surface area (Å²) in [6.45, 7) is 1.50. The van der Waals surface area contributed by atoms with E-state index in [1.807, 2.05) is 0 Å². The lowest BCUT2D eigenvalue weighted by molar-refractivity contribution is 0.0948. The van der Waals surface area contributed by atoms with Crippen molar-refractivity contribution in [2.75, 3.05) is 27.9 Å². The van der Waals surface area contributed by atoms with Crippen molar-refractivity contribution in [1.82, 2.24) is 34.7 Å². The molecule has 13 nitrogen and oxygen atoms in total. The Labute approximate surface area is 231 Å². The van der Waals surface area contributed by atoms with Crippen molar-refractivity contribution in [1.29, 1.82) is 0 Å². The van der Waals surface area contributed by atoms with Crippen molar-refractivity contribution in [2.45, 2.75) is 55.6 Å². The minimum absolute atomic E-state index is 0.0294. The number of rotatable bonds is 11. The van der Waals surface area contributed by atoms with Crippen molar-refractivity contribution < 1.29 is 27.7 Å².